The molecule has 19 heavy (non-hydrogen) atoms. The molecule has 5 heteroatoms. The molecule has 1 saturated carbocycles. The first-order chi connectivity index (χ1) is 9.08. The van der Waals surface area contributed by atoms with Crippen LogP contribution >= 0.6 is 12.2 Å². The van der Waals surface area contributed by atoms with Gasteiger partial charge in [-0.1, -0.05) is 18.3 Å². The van der Waals surface area contributed by atoms with Crippen LogP contribution in [0.2, 0.25) is 0 Å². The van der Waals surface area contributed by atoms with Gasteiger partial charge in [0.15, 0.2) is 0 Å². The molecule has 1 aromatic carbocycles. The third-order valence-electron chi connectivity index (χ3n) is 3.35. The van der Waals surface area contributed by atoms with Crippen LogP contribution in [0.4, 0.5) is 8.78 Å². The van der Waals surface area contributed by atoms with Crippen molar-refractivity contribution in [2.45, 2.75) is 25.7 Å². The summed E-state index contributed by atoms with van der Waals surface area (Å²) in [6.45, 7) is 1.73. The molecule has 0 amide bonds. The fourth-order valence-corrected chi connectivity index (χ4v) is 2.29. The Morgan fingerprint density at radius 1 is 1.26 bits per heavy atom. The topological polar surface area (TPSA) is 28.7 Å². The maximum Gasteiger partial charge on any atom is 0.135 e. The molecule has 1 fully saturated rings. The van der Waals surface area contributed by atoms with E-state index in [9.17, 15) is 8.78 Å². The molecule has 1 aliphatic carbocycles. The Morgan fingerprint density at radius 3 is 2.47 bits per heavy atom. The summed E-state index contributed by atoms with van der Waals surface area (Å²) >= 11 is 5.19. The van der Waals surface area contributed by atoms with Crippen molar-refractivity contribution in [3.8, 4) is 11.3 Å². The maximum atomic E-state index is 13.9. The Bertz CT molecular complexity index is 685. The van der Waals surface area contributed by atoms with Crippen LogP contribution in [0.1, 0.15) is 30.1 Å². The molecule has 2 nitrogen and oxygen atoms in total. The minimum absolute atomic E-state index is 0.0598. The summed E-state index contributed by atoms with van der Waals surface area (Å²) in [4.78, 5) is 7.35. The molecule has 0 bridgehead atoms. The molecule has 0 spiro atoms. The molecule has 1 aliphatic rings. The Kier molecular flexibility index (Phi) is 2.93. The summed E-state index contributed by atoms with van der Waals surface area (Å²) in [5.41, 5.74) is 0.941. The minimum Gasteiger partial charge on any atom is -0.343 e. The van der Waals surface area contributed by atoms with Gasteiger partial charge in [0, 0.05) is 11.5 Å². The molecule has 0 saturated heterocycles. The van der Waals surface area contributed by atoms with Crippen LogP contribution in [0.3, 0.4) is 0 Å². The standard InChI is InChI=1S/C14H12F2N2S/c1-7-12(11-9(15)3-2-4-10(11)16)17-13(8-5-6-8)18-14(7)19/h2-4,8H,5-6H2,1H3,(H,17,18,19). The summed E-state index contributed by atoms with van der Waals surface area (Å²) < 4.78 is 28.2. The summed E-state index contributed by atoms with van der Waals surface area (Å²) in [5, 5.41) is 0. The van der Waals surface area contributed by atoms with E-state index in [1.807, 2.05) is 0 Å². The van der Waals surface area contributed by atoms with E-state index in [2.05, 4.69) is 9.97 Å². The summed E-state index contributed by atoms with van der Waals surface area (Å²) in [5.74, 6) is -0.118. The van der Waals surface area contributed by atoms with Gasteiger partial charge in [-0.15, -0.1) is 0 Å². The van der Waals surface area contributed by atoms with Gasteiger partial charge in [-0.05, 0) is 31.9 Å². The molecule has 2 aromatic rings. The fraction of sp³-hybridized carbons (Fsp3) is 0.286. The lowest BCUT2D eigenvalue weighted by Gasteiger charge is -2.11. The number of hydrogen-bond donors (Lipinski definition) is 1. The average molecular weight is 278 g/mol. The SMILES string of the molecule is Cc1c(-c2c(F)cccc2F)[nH]c(C2CC2)nc1=S. The van der Waals surface area contributed by atoms with Crippen LogP contribution in [0.5, 0.6) is 0 Å². The highest BCUT2D eigenvalue weighted by Crippen LogP contribution is 2.39. The van der Waals surface area contributed by atoms with Crippen molar-refractivity contribution in [3.63, 3.8) is 0 Å². The number of aromatic nitrogens is 2. The zero-order valence-corrected chi connectivity index (χ0v) is 11.2. The van der Waals surface area contributed by atoms with E-state index in [1.165, 1.54) is 18.2 Å². The molecule has 1 N–H and O–H groups in total. The highest BCUT2D eigenvalue weighted by atomic mass is 32.1. The summed E-state index contributed by atoms with van der Waals surface area (Å²) in [6, 6.07) is 3.83. The fourth-order valence-electron chi connectivity index (χ4n) is 2.09. The van der Waals surface area contributed by atoms with Crippen molar-refractivity contribution in [1.29, 1.82) is 0 Å². The number of hydrogen-bond acceptors (Lipinski definition) is 2. The first-order valence-corrected chi connectivity index (χ1v) is 6.54. The molecule has 1 heterocycles. The predicted molar refractivity (Wildman–Crippen MR) is 71.5 cm³/mol. The second-order valence-electron chi connectivity index (χ2n) is 4.80. The number of aromatic amines is 1. The predicted octanol–water partition coefficient (Wildman–Crippen LogP) is 4.27. The molecule has 0 unspecified atom stereocenters. The Labute approximate surface area is 114 Å². The Hall–Kier alpha value is -1.62. The lowest BCUT2D eigenvalue weighted by Crippen LogP contribution is -2.02. The molecule has 0 radical (unpaired) electrons. The highest BCUT2D eigenvalue weighted by molar-refractivity contribution is 7.71. The summed E-state index contributed by atoms with van der Waals surface area (Å²) in [6.07, 6.45) is 2.08. The van der Waals surface area contributed by atoms with Crippen LogP contribution in [0.25, 0.3) is 11.3 Å². The van der Waals surface area contributed by atoms with Gasteiger partial charge in [-0.2, -0.15) is 0 Å². The largest absolute Gasteiger partial charge is 0.343 e. The van der Waals surface area contributed by atoms with Gasteiger partial charge in [0.2, 0.25) is 0 Å². The molecule has 1 aromatic heterocycles. The lowest BCUT2D eigenvalue weighted by molar-refractivity contribution is 0.588. The van der Waals surface area contributed by atoms with E-state index < -0.39 is 11.6 Å². The first kappa shape index (κ1) is 12.4. The number of H-pyrrole nitrogens is 1. The molecule has 0 atom stereocenters. The third kappa shape index (κ3) is 2.18. The smallest absolute Gasteiger partial charge is 0.135 e. The minimum atomic E-state index is -0.596. The number of benzene rings is 1. The van der Waals surface area contributed by atoms with Crippen LogP contribution < -0.4 is 0 Å². The van der Waals surface area contributed by atoms with Crippen LogP contribution in [-0.4, -0.2) is 9.97 Å². The lowest BCUT2D eigenvalue weighted by atomic mass is 10.1. The monoisotopic (exact) mass is 278 g/mol. The van der Waals surface area contributed by atoms with Crippen LogP contribution in [0.15, 0.2) is 18.2 Å². The first-order valence-electron chi connectivity index (χ1n) is 6.13. The van der Waals surface area contributed by atoms with Crippen molar-refractivity contribution in [2.24, 2.45) is 0 Å². The Balaban J connectivity index is 2.27. The second kappa shape index (κ2) is 4.49. The van der Waals surface area contributed by atoms with Crippen LogP contribution in [-0.2, 0) is 0 Å². The van der Waals surface area contributed by atoms with Crippen molar-refractivity contribution in [2.75, 3.05) is 0 Å². The van der Waals surface area contributed by atoms with Crippen molar-refractivity contribution < 1.29 is 8.78 Å². The van der Waals surface area contributed by atoms with E-state index in [1.54, 1.807) is 6.92 Å². The highest BCUT2D eigenvalue weighted by Gasteiger charge is 2.27. The van der Waals surface area contributed by atoms with E-state index >= 15 is 0 Å². The number of nitrogens with one attached hydrogen (secondary N) is 1. The quantitative estimate of drug-likeness (QED) is 0.831. The maximum absolute atomic E-state index is 13.9. The van der Waals surface area contributed by atoms with Gasteiger partial charge in [-0.3, -0.25) is 0 Å². The van der Waals surface area contributed by atoms with Crippen molar-refractivity contribution in [3.05, 3.63) is 45.9 Å². The van der Waals surface area contributed by atoms with E-state index in [-0.39, 0.29) is 5.56 Å². The van der Waals surface area contributed by atoms with E-state index in [0.717, 1.165) is 18.7 Å². The van der Waals surface area contributed by atoms with Gasteiger partial charge in [-0.25, -0.2) is 13.8 Å². The number of rotatable bonds is 2. The normalized spacial score (nSPS) is 14.7. The van der Waals surface area contributed by atoms with Gasteiger partial charge >= 0.3 is 0 Å². The van der Waals surface area contributed by atoms with Gasteiger partial charge in [0.05, 0.1) is 11.3 Å². The van der Waals surface area contributed by atoms with Crippen molar-refractivity contribution >= 4 is 12.2 Å². The van der Waals surface area contributed by atoms with Gasteiger partial charge in [0.25, 0.3) is 0 Å². The van der Waals surface area contributed by atoms with E-state index in [4.69, 9.17) is 12.2 Å². The summed E-state index contributed by atoms with van der Waals surface area (Å²) in [7, 11) is 0. The van der Waals surface area contributed by atoms with Crippen molar-refractivity contribution in [1.82, 2.24) is 9.97 Å². The molecule has 0 aliphatic heterocycles. The van der Waals surface area contributed by atoms with Gasteiger partial charge < -0.3 is 4.98 Å². The second-order valence-corrected chi connectivity index (χ2v) is 5.18. The molecular formula is C14H12F2N2S. The zero-order valence-electron chi connectivity index (χ0n) is 10.3. The third-order valence-corrected chi connectivity index (χ3v) is 3.75. The van der Waals surface area contributed by atoms with E-state index in [0.29, 0.717) is 21.8 Å². The van der Waals surface area contributed by atoms with Crippen LogP contribution in [0, 0.1) is 23.2 Å². The number of nitrogens with zero attached hydrogens (tertiary/aromatic N) is 1. The molecule has 98 valence electrons. The number of halogens is 2. The molecular weight excluding hydrogens is 266 g/mol. The van der Waals surface area contributed by atoms with Gasteiger partial charge in [0.1, 0.15) is 22.1 Å². The average Bonchev–Trinajstić information content (AvgIpc) is 3.18. The molecule has 3 rings (SSSR count). The Morgan fingerprint density at radius 2 is 1.89 bits per heavy atom. The zero-order chi connectivity index (χ0) is 13.6.